The Hall–Kier alpha value is -0.370. The Morgan fingerprint density at radius 2 is 2.36 bits per heavy atom. The first kappa shape index (κ1) is 10.2. The Morgan fingerprint density at radius 1 is 1.64 bits per heavy atom. The molecule has 80 valence electrons. The van der Waals surface area contributed by atoms with E-state index in [1.807, 2.05) is 0 Å². The van der Waals surface area contributed by atoms with Crippen molar-refractivity contribution < 1.29 is 4.39 Å². The molecule has 0 saturated heterocycles. The van der Waals surface area contributed by atoms with E-state index in [1.54, 1.807) is 0 Å². The molecule has 3 rings (SSSR count). The van der Waals surface area contributed by atoms with E-state index in [-0.39, 0.29) is 0 Å². The molecule has 0 aromatic heterocycles. The van der Waals surface area contributed by atoms with E-state index in [2.05, 4.69) is 19.9 Å². The second-order valence-corrected chi connectivity index (χ2v) is 5.29. The third kappa shape index (κ3) is 1.31. The van der Waals surface area contributed by atoms with Crippen LogP contribution in [0, 0.1) is 17.3 Å². The van der Waals surface area contributed by atoms with Crippen molar-refractivity contribution in [2.24, 2.45) is 23.0 Å². The second-order valence-electron chi connectivity index (χ2n) is 5.29. The molecule has 2 heteroatoms. The molecular formula is C12H20FN. The number of halogens is 1. The summed E-state index contributed by atoms with van der Waals surface area (Å²) in [6, 6.07) is 0. The molecule has 0 radical (unpaired) electrons. The zero-order valence-corrected chi connectivity index (χ0v) is 9.09. The van der Waals surface area contributed by atoms with Crippen LogP contribution in [-0.4, -0.2) is 12.7 Å². The number of allylic oxidation sites excluding steroid dienone is 2. The fourth-order valence-corrected chi connectivity index (χ4v) is 3.06. The lowest BCUT2D eigenvalue weighted by Crippen LogP contribution is -2.49. The first-order valence-electron chi connectivity index (χ1n) is 5.61. The van der Waals surface area contributed by atoms with Gasteiger partial charge in [0.2, 0.25) is 0 Å². The average Bonchev–Trinajstić information content (AvgIpc) is 2.18. The molecule has 0 aromatic rings. The molecule has 0 aliphatic heterocycles. The Kier molecular flexibility index (Phi) is 2.42. The van der Waals surface area contributed by atoms with Crippen LogP contribution in [0.4, 0.5) is 4.39 Å². The Labute approximate surface area is 85.6 Å². The molecule has 0 heterocycles. The molecule has 1 nitrogen and oxygen atoms in total. The minimum atomic E-state index is -0.787. The topological polar surface area (TPSA) is 26.0 Å². The van der Waals surface area contributed by atoms with Crippen LogP contribution in [0.15, 0.2) is 11.6 Å². The van der Waals surface area contributed by atoms with Crippen LogP contribution in [0.5, 0.6) is 0 Å². The maximum atomic E-state index is 13.8. The summed E-state index contributed by atoms with van der Waals surface area (Å²) in [5.41, 5.74) is 6.78. The minimum absolute atomic E-state index is 0.336. The van der Waals surface area contributed by atoms with E-state index in [9.17, 15) is 4.39 Å². The van der Waals surface area contributed by atoms with Gasteiger partial charge < -0.3 is 5.73 Å². The van der Waals surface area contributed by atoms with Gasteiger partial charge in [0.15, 0.2) is 0 Å². The van der Waals surface area contributed by atoms with E-state index >= 15 is 0 Å². The molecule has 0 amide bonds. The summed E-state index contributed by atoms with van der Waals surface area (Å²) < 4.78 is 13.8. The number of alkyl halides is 1. The van der Waals surface area contributed by atoms with Gasteiger partial charge in [0.1, 0.15) is 6.17 Å². The quantitative estimate of drug-likeness (QED) is 0.692. The van der Waals surface area contributed by atoms with Crippen LogP contribution in [0.25, 0.3) is 0 Å². The Morgan fingerprint density at radius 3 is 2.86 bits per heavy atom. The zero-order chi connectivity index (χ0) is 10.3. The number of fused-ring (bicyclic) bond motifs is 1. The van der Waals surface area contributed by atoms with Gasteiger partial charge in [-0.1, -0.05) is 19.9 Å². The fraction of sp³-hybridized carbons (Fsp3) is 0.833. The molecular weight excluding hydrogens is 177 g/mol. The molecule has 2 N–H and O–H groups in total. The molecule has 3 unspecified atom stereocenters. The number of rotatable bonds is 3. The van der Waals surface area contributed by atoms with Gasteiger partial charge >= 0.3 is 0 Å². The van der Waals surface area contributed by atoms with Crippen molar-refractivity contribution in [2.45, 2.75) is 39.3 Å². The lowest BCUT2D eigenvalue weighted by atomic mass is 9.48. The highest BCUT2D eigenvalue weighted by molar-refractivity contribution is 5.26. The average molecular weight is 197 g/mol. The predicted molar refractivity (Wildman–Crippen MR) is 56.6 cm³/mol. The first-order chi connectivity index (χ1) is 6.57. The second kappa shape index (κ2) is 3.34. The molecule has 1 fully saturated rings. The molecule has 14 heavy (non-hydrogen) atoms. The molecule has 3 aliphatic carbocycles. The van der Waals surface area contributed by atoms with Gasteiger partial charge in [-0.05, 0) is 48.6 Å². The van der Waals surface area contributed by atoms with Crippen molar-refractivity contribution in [3.8, 4) is 0 Å². The summed E-state index contributed by atoms with van der Waals surface area (Å²) in [6.45, 7) is 5.00. The molecule has 2 bridgehead atoms. The largest absolute Gasteiger partial charge is 0.330 e. The summed E-state index contributed by atoms with van der Waals surface area (Å²) in [5, 5.41) is 0. The van der Waals surface area contributed by atoms with Crippen LogP contribution in [0.2, 0.25) is 0 Å². The van der Waals surface area contributed by atoms with E-state index in [4.69, 9.17) is 5.73 Å². The lowest BCUT2D eigenvalue weighted by molar-refractivity contribution is -0.0153. The van der Waals surface area contributed by atoms with Crippen molar-refractivity contribution >= 4 is 0 Å². The summed E-state index contributed by atoms with van der Waals surface area (Å²) in [7, 11) is 0. The van der Waals surface area contributed by atoms with E-state index in [0.29, 0.717) is 24.3 Å². The third-order valence-corrected chi connectivity index (χ3v) is 4.29. The van der Waals surface area contributed by atoms with Crippen molar-refractivity contribution in [1.82, 2.24) is 0 Å². The standard InChI is InChI=1S/C12H20FN/c1-12(2)8-3-4-9(10(12)7-8)11(13)5-6-14/h4,8,10-11H,3,5-7,14H2,1-2H3. The smallest absolute Gasteiger partial charge is 0.123 e. The third-order valence-electron chi connectivity index (χ3n) is 4.29. The Bertz CT molecular complexity index is 257. The van der Waals surface area contributed by atoms with Crippen molar-refractivity contribution in [1.29, 1.82) is 0 Å². The highest BCUT2D eigenvalue weighted by Crippen LogP contribution is 2.60. The first-order valence-corrected chi connectivity index (χ1v) is 5.61. The monoisotopic (exact) mass is 197 g/mol. The zero-order valence-electron chi connectivity index (χ0n) is 9.09. The van der Waals surface area contributed by atoms with Gasteiger partial charge in [-0.25, -0.2) is 4.39 Å². The van der Waals surface area contributed by atoms with Gasteiger partial charge in [0.05, 0.1) is 0 Å². The van der Waals surface area contributed by atoms with Gasteiger partial charge in [0.25, 0.3) is 0 Å². The number of hydrogen-bond acceptors (Lipinski definition) is 1. The van der Waals surface area contributed by atoms with E-state index in [1.165, 1.54) is 6.42 Å². The maximum absolute atomic E-state index is 13.8. The molecule has 1 saturated carbocycles. The number of hydrogen-bond donors (Lipinski definition) is 1. The minimum Gasteiger partial charge on any atom is -0.330 e. The molecule has 0 aromatic carbocycles. The molecule has 0 spiro atoms. The van der Waals surface area contributed by atoms with Crippen molar-refractivity contribution in [2.75, 3.05) is 6.54 Å². The fourth-order valence-electron chi connectivity index (χ4n) is 3.06. The summed E-state index contributed by atoms with van der Waals surface area (Å²) in [5.74, 6) is 1.28. The highest BCUT2D eigenvalue weighted by Gasteiger charge is 2.52. The number of nitrogens with two attached hydrogens (primary N) is 1. The summed E-state index contributed by atoms with van der Waals surface area (Å²) >= 11 is 0. The SMILES string of the molecule is CC1(C)C2CC=C(C(F)CCN)C1C2. The van der Waals surface area contributed by atoms with Crippen molar-refractivity contribution in [3.05, 3.63) is 11.6 Å². The molecule has 3 aliphatic rings. The van der Waals surface area contributed by atoms with Gasteiger partial charge in [-0.2, -0.15) is 0 Å². The van der Waals surface area contributed by atoms with Crippen LogP contribution < -0.4 is 5.73 Å². The lowest BCUT2D eigenvalue weighted by Gasteiger charge is -2.57. The Balaban J connectivity index is 2.10. The van der Waals surface area contributed by atoms with Crippen LogP contribution in [-0.2, 0) is 0 Å². The van der Waals surface area contributed by atoms with E-state index in [0.717, 1.165) is 17.9 Å². The van der Waals surface area contributed by atoms with E-state index < -0.39 is 6.17 Å². The van der Waals surface area contributed by atoms with Crippen LogP contribution in [0.3, 0.4) is 0 Å². The normalized spacial score (nSPS) is 35.9. The van der Waals surface area contributed by atoms with Crippen LogP contribution in [0.1, 0.15) is 33.1 Å². The van der Waals surface area contributed by atoms with Gasteiger partial charge in [0, 0.05) is 0 Å². The van der Waals surface area contributed by atoms with Gasteiger partial charge in [-0.15, -0.1) is 0 Å². The summed E-state index contributed by atoms with van der Waals surface area (Å²) in [6.07, 6.45) is 4.10. The highest BCUT2D eigenvalue weighted by atomic mass is 19.1. The molecule has 3 atom stereocenters. The van der Waals surface area contributed by atoms with Gasteiger partial charge in [-0.3, -0.25) is 0 Å². The van der Waals surface area contributed by atoms with Crippen molar-refractivity contribution in [3.63, 3.8) is 0 Å². The maximum Gasteiger partial charge on any atom is 0.123 e. The summed E-state index contributed by atoms with van der Waals surface area (Å²) in [4.78, 5) is 0. The van der Waals surface area contributed by atoms with Crippen LogP contribution >= 0.6 is 0 Å². The predicted octanol–water partition coefficient (Wildman–Crippen LogP) is 2.67.